The van der Waals surface area contributed by atoms with Crippen molar-refractivity contribution in [2.45, 2.75) is 13.1 Å². The van der Waals surface area contributed by atoms with Crippen molar-refractivity contribution in [2.24, 2.45) is 0 Å². The quantitative estimate of drug-likeness (QED) is 0.870. The van der Waals surface area contributed by atoms with Crippen LogP contribution in [-0.2, 0) is 10.9 Å². The highest BCUT2D eigenvalue weighted by atomic mass is 35.5. The number of alkyl halides is 3. The fourth-order valence-corrected chi connectivity index (χ4v) is 3.13. The van der Waals surface area contributed by atoms with Crippen LogP contribution in [0, 0.1) is 6.92 Å². The van der Waals surface area contributed by atoms with Crippen LogP contribution in [0.1, 0.15) is 21.7 Å². The molecule has 6 nitrogen and oxygen atoms in total. The van der Waals surface area contributed by atoms with Gasteiger partial charge >= 0.3 is 6.18 Å². The minimum atomic E-state index is -4.57. The van der Waals surface area contributed by atoms with Gasteiger partial charge in [-0.25, -0.2) is 4.98 Å². The van der Waals surface area contributed by atoms with E-state index in [-0.39, 0.29) is 16.4 Å². The van der Waals surface area contributed by atoms with Crippen LogP contribution in [-0.4, -0.2) is 59.6 Å². The lowest BCUT2D eigenvalue weighted by Crippen LogP contribution is -2.41. The van der Waals surface area contributed by atoms with Gasteiger partial charge in [-0.05, 0) is 13.0 Å². The molecule has 1 saturated heterocycles. The van der Waals surface area contributed by atoms with Gasteiger partial charge in [0.15, 0.2) is 5.65 Å². The number of fused-ring (bicyclic) bond motifs is 1. The van der Waals surface area contributed by atoms with Crippen molar-refractivity contribution in [1.82, 2.24) is 19.6 Å². The van der Waals surface area contributed by atoms with Gasteiger partial charge in [-0.3, -0.25) is 14.1 Å². The summed E-state index contributed by atoms with van der Waals surface area (Å²) in [6, 6.07) is 0.809. The monoisotopic (exact) mass is 390 g/mol. The Labute approximate surface area is 152 Å². The molecule has 2 aromatic rings. The molecule has 0 aromatic carbocycles. The average molecular weight is 391 g/mol. The van der Waals surface area contributed by atoms with E-state index in [9.17, 15) is 18.0 Å². The first kappa shape index (κ1) is 18.9. The first-order valence-electron chi connectivity index (χ1n) is 8.11. The summed E-state index contributed by atoms with van der Waals surface area (Å²) in [4.78, 5) is 18.8. The summed E-state index contributed by atoms with van der Waals surface area (Å²) >= 11 is 5.93. The van der Waals surface area contributed by atoms with Crippen molar-refractivity contribution in [3.8, 4) is 0 Å². The molecule has 1 amide bonds. The van der Waals surface area contributed by atoms with Crippen molar-refractivity contribution in [1.29, 1.82) is 0 Å². The van der Waals surface area contributed by atoms with Gasteiger partial charge in [0, 0.05) is 32.4 Å². The summed E-state index contributed by atoms with van der Waals surface area (Å²) < 4.78 is 45.5. The van der Waals surface area contributed by atoms with Gasteiger partial charge in [0.2, 0.25) is 0 Å². The Hall–Kier alpha value is -1.84. The van der Waals surface area contributed by atoms with Crippen LogP contribution < -0.4 is 5.32 Å². The lowest BCUT2D eigenvalue weighted by atomic mass is 10.2. The van der Waals surface area contributed by atoms with Crippen molar-refractivity contribution < 1.29 is 22.7 Å². The molecule has 1 aliphatic rings. The SMILES string of the molecule is Cc1nc2c(Cl)cc(C(F)(F)F)cn2c1C(=O)NCCN1CCOCC1. The number of pyridine rings is 1. The number of nitrogens with one attached hydrogen (secondary N) is 1. The zero-order valence-electron chi connectivity index (χ0n) is 14.1. The number of carbonyl (C=O) groups is 1. The molecular weight excluding hydrogens is 373 g/mol. The van der Waals surface area contributed by atoms with E-state index in [0.717, 1.165) is 29.8 Å². The molecule has 3 rings (SSSR count). The van der Waals surface area contributed by atoms with Crippen LogP contribution in [0.15, 0.2) is 12.3 Å². The molecule has 0 bridgehead atoms. The second-order valence-corrected chi connectivity index (χ2v) is 6.43. The molecule has 0 radical (unpaired) electrons. The molecule has 10 heteroatoms. The van der Waals surface area contributed by atoms with Crippen molar-refractivity contribution in [2.75, 3.05) is 39.4 Å². The number of aryl methyl sites for hydroxylation is 1. The number of amides is 1. The first-order chi connectivity index (χ1) is 12.3. The van der Waals surface area contributed by atoms with E-state index >= 15 is 0 Å². The average Bonchev–Trinajstić information content (AvgIpc) is 2.91. The highest BCUT2D eigenvalue weighted by Crippen LogP contribution is 2.33. The van der Waals surface area contributed by atoms with Gasteiger partial charge < -0.3 is 10.1 Å². The summed E-state index contributed by atoms with van der Waals surface area (Å²) in [6.45, 7) is 5.45. The van der Waals surface area contributed by atoms with E-state index in [1.54, 1.807) is 6.92 Å². The molecule has 3 heterocycles. The molecule has 1 N–H and O–H groups in total. The molecule has 2 aromatic heterocycles. The number of imidazole rings is 1. The Morgan fingerprint density at radius 1 is 1.38 bits per heavy atom. The van der Waals surface area contributed by atoms with E-state index in [1.807, 2.05) is 0 Å². The molecule has 142 valence electrons. The third kappa shape index (κ3) is 3.94. The maximum Gasteiger partial charge on any atom is 0.417 e. The zero-order chi connectivity index (χ0) is 18.9. The normalized spacial score (nSPS) is 16.2. The fraction of sp³-hybridized carbons (Fsp3) is 0.500. The highest BCUT2D eigenvalue weighted by molar-refractivity contribution is 6.33. The number of hydrogen-bond donors (Lipinski definition) is 1. The van der Waals surface area contributed by atoms with Gasteiger partial charge in [0.1, 0.15) is 5.69 Å². The van der Waals surface area contributed by atoms with Gasteiger partial charge in [0.05, 0.1) is 29.5 Å². The van der Waals surface area contributed by atoms with E-state index in [0.29, 0.717) is 32.0 Å². The van der Waals surface area contributed by atoms with E-state index in [4.69, 9.17) is 16.3 Å². The molecule has 26 heavy (non-hydrogen) atoms. The molecular formula is C16H18ClF3N4O2. The zero-order valence-corrected chi connectivity index (χ0v) is 14.8. The number of rotatable bonds is 4. The summed E-state index contributed by atoms with van der Waals surface area (Å²) in [5.74, 6) is -0.487. The second kappa shape index (κ2) is 7.42. The number of aromatic nitrogens is 2. The predicted molar refractivity (Wildman–Crippen MR) is 89.5 cm³/mol. The standard InChI is InChI=1S/C16H18ClF3N4O2/c1-10-13(15(25)21-2-3-23-4-6-26-7-5-23)24-9-11(16(18,19)20)8-12(17)14(24)22-10/h8-9H,2-7H2,1H3,(H,21,25). The molecule has 1 fully saturated rings. The Morgan fingerprint density at radius 2 is 2.08 bits per heavy atom. The molecule has 0 saturated carbocycles. The summed E-state index contributed by atoms with van der Waals surface area (Å²) in [5.41, 5.74) is -0.449. The Bertz CT molecular complexity index is 816. The fourth-order valence-electron chi connectivity index (χ4n) is 2.88. The molecule has 0 atom stereocenters. The summed E-state index contributed by atoms with van der Waals surface area (Å²) in [5, 5.41) is 2.58. The van der Waals surface area contributed by atoms with Gasteiger partial charge in [0.25, 0.3) is 5.91 Å². The molecule has 1 aliphatic heterocycles. The number of hydrogen-bond acceptors (Lipinski definition) is 4. The van der Waals surface area contributed by atoms with Crippen LogP contribution in [0.4, 0.5) is 13.2 Å². The van der Waals surface area contributed by atoms with Crippen LogP contribution in [0.2, 0.25) is 5.02 Å². The van der Waals surface area contributed by atoms with Crippen LogP contribution in [0.3, 0.4) is 0 Å². The number of morpholine rings is 1. The minimum absolute atomic E-state index is 0.0509. The maximum atomic E-state index is 13.0. The molecule has 0 unspecified atom stereocenters. The molecule has 0 spiro atoms. The topological polar surface area (TPSA) is 58.9 Å². The van der Waals surface area contributed by atoms with Crippen LogP contribution in [0.25, 0.3) is 5.65 Å². The summed E-state index contributed by atoms with van der Waals surface area (Å²) in [7, 11) is 0. The first-order valence-corrected chi connectivity index (χ1v) is 8.49. The minimum Gasteiger partial charge on any atom is -0.379 e. The van der Waals surface area contributed by atoms with Crippen LogP contribution >= 0.6 is 11.6 Å². The molecule has 0 aliphatic carbocycles. The van der Waals surface area contributed by atoms with Crippen molar-refractivity contribution in [3.63, 3.8) is 0 Å². The Morgan fingerprint density at radius 3 is 2.73 bits per heavy atom. The maximum absolute atomic E-state index is 13.0. The number of halogens is 4. The van der Waals surface area contributed by atoms with Gasteiger partial charge in [-0.15, -0.1) is 0 Å². The lowest BCUT2D eigenvalue weighted by Gasteiger charge is -2.26. The predicted octanol–water partition coefficient (Wildman–Crippen LogP) is 2.38. The smallest absolute Gasteiger partial charge is 0.379 e. The van der Waals surface area contributed by atoms with Crippen LogP contribution in [0.5, 0.6) is 0 Å². The van der Waals surface area contributed by atoms with E-state index in [2.05, 4.69) is 15.2 Å². The lowest BCUT2D eigenvalue weighted by molar-refractivity contribution is -0.137. The third-order valence-electron chi connectivity index (χ3n) is 4.21. The van der Waals surface area contributed by atoms with Gasteiger partial charge in [-0.1, -0.05) is 11.6 Å². The Balaban J connectivity index is 1.80. The number of nitrogens with zero attached hydrogens (tertiary/aromatic N) is 3. The van der Waals surface area contributed by atoms with E-state index in [1.165, 1.54) is 0 Å². The van der Waals surface area contributed by atoms with Crippen molar-refractivity contribution >= 4 is 23.2 Å². The second-order valence-electron chi connectivity index (χ2n) is 6.02. The van der Waals surface area contributed by atoms with E-state index < -0.39 is 17.6 Å². The number of ether oxygens (including phenoxy) is 1. The third-order valence-corrected chi connectivity index (χ3v) is 4.49. The van der Waals surface area contributed by atoms with Crippen molar-refractivity contribution in [3.05, 3.63) is 34.2 Å². The Kier molecular flexibility index (Phi) is 5.40. The number of carbonyl (C=O) groups excluding carboxylic acids is 1. The largest absolute Gasteiger partial charge is 0.417 e. The van der Waals surface area contributed by atoms with Gasteiger partial charge in [-0.2, -0.15) is 13.2 Å². The highest BCUT2D eigenvalue weighted by Gasteiger charge is 2.32. The summed E-state index contributed by atoms with van der Waals surface area (Å²) in [6.07, 6.45) is -3.72.